The predicted octanol–water partition coefficient (Wildman–Crippen LogP) is 4.00. The van der Waals surface area contributed by atoms with E-state index in [1.165, 1.54) is 0 Å². The molecule has 2 heterocycles. The molecular weight excluding hydrogens is 468 g/mol. The number of methoxy groups -OCH3 is 1. The number of aromatic nitrogens is 2. The third kappa shape index (κ3) is 6.01. The highest BCUT2D eigenvalue weighted by molar-refractivity contribution is 5.80. The second kappa shape index (κ2) is 11.9. The first-order chi connectivity index (χ1) is 17.8. The molecule has 0 spiro atoms. The smallest absolute Gasteiger partial charge is 0.329 e. The second-order valence-corrected chi connectivity index (χ2v) is 10.3. The highest BCUT2D eigenvalue weighted by Gasteiger charge is 2.26. The van der Waals surface area contributed by atoms with Gasteiger partial charge in [-0.05, 0) is 55.9 Å². The average molecular weight is 509 g/mol. The van der Waals surface area contributed by atoms with Crippen LogP contribution in [0.15, 0.2) is 47.3 Å². The van der Waals surface area contributed by atoms with Crippen LogP contribution >= 0.6 is 0 Å². The molecule has 1 amide bonds. The summed E-state index contributed by atoms with van der Waals surface area (Å²) in [5, 5.41) is 2.62. The van der Waals surface area contributed by atoms with Gasteiger partial charge in [0.25, 0.3) is 0 Å². The maximum absolute atomic E-state index is 13.4. The molecule has 0 radical (unpaired) electrons. The molecule has 1 fully saturated rings. The van der Waals surface area contributed by atoms with Crippen LogP contribution in [0.1, 0.15) is 44.7 Å². The van der Waals surface area contributed by atoms with Gasteiger partial charge in [0.2, 0.25) is 5.91 Å². The van der Waals surface area contributed by atoms with Crippen molar-refractivity contribution < 1.29 is 14.3 Å². The van der Waals surface area contributed by atoms with Crippen LogP contribution in [0, 0.1) is 12.8 Å². The molecule has 0 aliphatic carbocycles. The monoisotopic (exact) mass is 508 g/mol. The van der Waals surface area contributed by atoms with E-state index in [2.05, 4.69) is 31.0 Å². The first-order valence-corrected chi connectivity index (χ1v) is 13.3. The number of benzene rings is 2. The van der Waals surface area contributed by atoms with Gasteiger partial charge in [-0.1, -0.05) is 32.0 Å². The molecule has 1 atom stereocenters. The van der Waals surface area contributed by atoms with E-state index in [0.29, 0.717) is 5.92 Å². The SMILES string of the molecule is CNC(=O)Cn1c(=O)n(C2CCN(CC[C@H](Oc3cc(OC)ccc3C)C(C)C)CC2)c2ccccc21. The van der Waals surface area contributed by atoms with Crippen molar-refractivity contribution >= 4 is 16.9 Å². The molecule has 3 aromatic rings. The zero-order valence-electron chi connectivity index (χ0n) is 22.7. The van der Waals surface area contributed by atoms with Crippen LogP contribution in [0.2, 0.25) is 0 Å². The first-order valence-electron chi connectivity index (χ1n) is 13.3. The van der Waals surface area contributed by atoms with Gasteiger partial charge in [0.1, 0.15) is 24.1 Å². The number of nitrogens with zero attached hydrogens (tertiary/aromatic N) is 3. The average Bonchev–Trinajstić information content (AvgIpc) is 3.18. The molecule has 8 nitrogen and oxygen atoms in total. The second-order valence-electron chi connectivity index (χ2n) is 10.3. The summed E-state index contributed by atoms with van der Waals surface area (Å²) in [5.74, 6) is 1.89. The number of aryl methyl sites for hydroxylation is 1. The highest BCUT2D eigenvalue weighted by Crippen LogP contribution is 2.29. The Labute approximate surface area is 219 Å². The summed E-state index contributed by atoms with van der Waals surface area (Å²) in [4.78, 5) is 27.9. The molecule has 4 rings (SSSR count). The number of fused-ring (bicyclic) bond motifs is 1. The number of rotatable bonds is 10. The standard InChI is InChI=1S/C29H40N4O4/c1-20(2)26(37-27-18-23(36-5)11-10-21(27)3)14-17-31-15-12-22(13-16-31)33-25-9-7-6-8-24(25)32(29(33)35)19-28(34)30-4/h6-11,18,20,22,26H,12-17,19H2,1-5H3,(H,30,34)/t26-/m0/s1. The van der Waals surface area contributed by atoms with Gasteiger partial charge in [0, 0.05) is 38.8 Å². The van der Waals surface area contributed by atoms with Crippen molar-refractivity contribution in [2.45, 2.75) is 58.7 Å². The van der Waals surface area contributed by atoms with E-state index in [1.54, 1.807) is 18.7 Å². The lowest BCUT2D eigenvalue weighted by Gasteiger charge is -2.34. The third-order valence-electron chi connectivity index (χ3n) is 7.52. The molecule has 1 aliphatic heterocycles. The number of likely N-dealkylation sites (tertiary alicyclic amines) is 1. The van der Waals surface area contributed by atoms with Gasteiger partial charge < -0.3 is 19.7 Å². The van der Waals surface area contributed by atoms with Gasteiger partial charge in [0.15, 0.2) is 0 Å². The van der Waals surface area contributed by atoms with E-state index >= 15 is 0 Å². The van der Waals surface area contributed by atoms with Crippen LogP contribution in [0.25, 0.3) is 11.0 Å². The van der Waals surface area contributed by atoms with Gasteiger partial charge in [-0.15, -0.1) is 0 Å². The van der Waals surface area contributed by atoms with Crippen LogP contribution in [-0.4, -0.2) is 59.8 Å². The van der Waals surface area contributed by atoms with Crippen LogP contribution in [-0.2, 0) is 11.3 Å². The number of ether oxygens (including phenoxy) is 2. The molecular formula is C29H40N4O4. The minimum atomic E-state index is -0.175. The van der Waals surface area contributed by atoms with E-state index in [0.717, 1.165) is 67.0 Å². The van der Waals surface area contributed by atoms with Crippen LogP contribution in [0.4, 0.5) is 0 Å². The van der Waals surface area contributed by atoms with Crippen LogP contribution in [0.5, 0.6) is 11.5 Å². The third-order valence-corrected chi connectivity index (χ3v) is 7.52. The minimum absolute atomic E-state index is 0.0328. The highest BCUT2D eigenvalue weighted by atomic mass is 16.5. The summed E-state index contributed by atoms with van der Waals surface area (Å²) in [6.45, 7) is 9.30. The van der Waals surface area contributed by atoms with Crippen molar-refractivity contribution in [3.63, 3.8) is 0 Å². The maximum Gasteiger partial charge on any atom is 0.329 e. The Morgan fingerprint density at radius 1 is 1.11 bits per heavy atom. The fourth-order valence-electron chi connectivity index (χ4n) is 5.20. The predicted molar refractivity (Wildman–Crippen MR) is 147 cm³/mol. The zero-order valence-corrected chi connectivity index (χ0v) is 22.7. The summed E-state index contributed by atoms with van der Waals surface area (Å²) in [5.41, 5.74) is 2.71. The molecule has 200 valence electrons. The normalized spacial score (nSPS) is 15.7. The van der Waals surface area contributed by atoms with Gasteiger partial charge in [-0.3, -0.25) is 13.9 Å². The molecule has 0 unspecified atom stereocenters. The molecule has 37 heavy (non-hydrogen) atoms. The Balaban J connectivity index is 1.40. The molecule has 1 saturated heterocycles. The quantitative estimate of drug-likeness (QED) is 0.448. The molecule has 0 bridgehead atoms. The van der Waals surface area contributed by atoms with E-state index in [-0.39, 0.29) is 30.3 Å². The maximum atomic E-state index is 13.4. The first kappa shape index (κ1) is 26.8. The Morgan fingerprint density at radius 3 is 2.46 bits per heavy atom. The number of para-hydroxylation sites is 2. The van der Waals surface area contributed by atoms with Crippen molar-refractivity contribution in [3.8, 4) is 11.5 Å². The van der Waals surface area contributed by atoms with Gasteiger partial charge >= 0.3 is 5.69 Å². The number of carbonyl (C=O) groups excluding carboxylic acids is 1. The molecule has 1 aliphatic rings. The van der Waals surface area contributed by atoms with Crippen molar-refractivity contribution in [2.75, 3.05) is 33.8 Å². The topological polar surface area (TPSA) is 77.7 Å². The Morgan fingerprint density at radius 2 is 1.81 bits per heavy atom. The lowest BCUT2D eigenvalue weighted by atomic mass is 10.0. The van der Waals surface area contributed by atoms with Crippen molar-refractivity contribution in [1.82, 2.24) is 19.4 Å². The minimum Gasteiger partial charge on any atom is -0.497 e. The number of hydrogen-bond donors (Lipinski definition) is 1. The summed E-state index contributed by atoms with van der Waals surface area (Å²) in [7, 11) is 3.26. The van der Waals surface area contributed by atoms with Gasteiger partial charge in [-0.25, -0.2) is 4.79 Å². The Bertz CT molecular complexity index is 1270. The number of nitrogens with one attached hydrogen (secondary N) is 1. The zero-order chi connectivity index (χ0) is 26.5. The summed E-state index contributed by atoms with van der Waals surface area (Å²) >= 11 is 0. The van der Waals surface area contributed by atoms with E-state index in [9.17, 15) is 9.59 Å². The van der Waals surface area contributed by atoms with Gasteiger partial charge in [-0.2, -0.15) is 0 Å². The Kier molecular flexibility index (Phi) is 8.59. The number of hydrogen-bond acceptors (Lipinski definition) is 5. The van der Waals surface area contributed by atoms with E-state index in [4.69, 9.17) is 9.47 Å². The Hall–Kier alpha value is -3.26. The van der Waals surface area contributed by atoms with Crippen molar-refractivity contribution in [3.05, 3.63) is 58.5 Å². The number of piperidine rings is 1. The number of likely N-dealkylation sites (N-methyl/N-ethyl adjacent to an activating group) is 1. The van der Waals surface area contributed by atoms with Crippen LogP contribution < -0.4 is 20.5 Å². The molecule has 1 N–H and O–H groups in total. The summed E-state index contributed by atoms with van der Waals surface area (Å²) in [6, 6.07) is 13.8. The van der Waals surface area contributed by atoms with E-state index < -0.39 is 0 Å². The van der Waals surface area contributed by atoms with Crippen molar-refractivity contribution in [1.29, 1.82) is 0 Å². The number of imidazole rings is 1. The van der Waals surface area contributed by atoms with Gasteiger partial charge in [0.05, 0.1) is 18.1 Å². The summed E-state index contributed by atoms with van der Waals surface area (Å²) in [6.07, 6.45) is 2.84. The van der Waals surface area contributed by atoms with Crippen LogP contribution in [0.3, 0.4) is 0 Å². The van der Waals surface area contributed by atoms with Crippen molar-refractivity contribution in [2.24, 2.45) is 5.92 Å². The fraction of sp³-hybridized carbons (Fsp3) is 0.517. The number of amides is 1. The fourth-order valence-corrected chi connectivity index (χ4v) is 5.20. The molecule has 8 heteroatoms. The lowest BCUT2D eigenvalue weighted by molar-refractivity contribution is -0.121. The lowest BCUT2D eigenvalue weighted by Crippen LogP contribution is -2.40. The summed E-state index contributed by atoms with van der Waals surface area (Å²) < 4.78 is 15.3. The largest absolute Gasteiger partial charge is 0.497 e. The number of carbonyl (C=O) groups is 1. The van der Waals surface area contributed by atoms with E-state index in [1.807, 2.05) is 47.0 Å². The molecule has 1 aromatic heterocycles. The molecule has 0 saturated carbocycles. The molecule has 2 aromatic carbocycles.